The molecule has 0 radical (unpaired) electrons. The van der Waals surface area contributed by atoms with Gasteiger partial charge in [0.2, 0.25) is 0 Å². The predicted octanol–water partition coefficient (Wildman–Crippen LogP) is 4.50. The Kier molecular flexibility index (Phi) is 5.22. The van der Waals surface area contributed by atoms with E-state index in [1.807, 2.05) is 36.4 Å². The quantitative estimate of drug-likeness (QED) is 0.745. The van der Waals surface area contributed by atoms with Gasteiger partial charge in [-0.15, -0.1) is 0 Å². The summed E-state index contributed by atoms with van der Waals surface area (Å²) in [4.78, 5) is 10.8. The Morgan fingerprint density at radius 3 is 2.43 bits per heavy atom. The Hall–Kier alpha value is -2.01. The first-order chi connectivity index (χ1) is 10.1. The van der Waals surface area contributed by atoms with Gasteiger partial charge in [-0.3, -0.25) is 0 Å². The second kappa shape index (κ2) is 7.13. The van der Waals surface area contributed by atoms with Crippen LogP contribution in [0.1, 0.15) is 24.9 Å². The molecule has 2 aromatic carbocycles. The van der Waals surface area contributed by atoms with Crippen LogP contribution in [0.3, 0.4) is 0 Å². The fourth-order valence-electron chi connectivity index (χ4n) is 2.14. The normalized spacial score (nSPS) is 11.7. The SMILES string of the molecule is CCC(Nc1ccc(NC(N)=O)cc1)c1cccc(Br)c1. The van der Waals surface area contributed by atoms with E-state index in [2.05, 4.69) is 45.6 Å². The first-order valence-corrected chi connectivity index (χ1v) is 7.56. The molecule has 0 saturated carbocycles. The predicted molar refractivity (Wildman–Crippen MR) is 90.4 cm³/mol. The molecule has 0 saturated heterocycles. The maximum absolute atomic E-state index is 10.8. The maximum Gasteiger partial charge on any atom is 0.316 e. The van der Waals surface area contributed by atoms with E-state index in [9.17, 15) is 4.79 Å². The standard InChI is InChI=1S/C16H18BrN3O/c1-2-15(11-4-3-5-12(17)10-11)19-13-6-8-14(9-7-13)20-16(18)21/h3-10,15,19H,2H2,1H3,(H3,18,20,21). The first-order valence-electron chi connectivity index (χ1n) is 6.77. The van der Waals surface area contributed by atoms with E-state index in [1.165, 1.54) is 5.56 Å². The minimum Gasteiger partial charge on any atom is -0.378 e. The fraction of sp³-hybridized carbons (Fsp3) is 0.188. The Morgan fingerprint density at radius 2 is 1.86 bits per heavy atom. The second-order valence-electron chi connectivity index (χ2n) is 4.73. The van der Waals surface area contributed by atoms with Crippen molar-refractivity contribution in [1.29, 1.82) is 0 Å². The van der Waals surface area contributed by atoms with Crippen LogP contribution in [0.2, 0.25) is 0 Å². The lowest BCUT2D eigenvalue weighted by molar-refractivity contribution is 0.259. The number of rotatable bonds is 5. The van der Waals surface area contributed by atoms with Crippen molar-refractivity contribution in [1.82, 2.24) is 0 Å². The average molecular weight is 348 g/mol. The molecule has 0 aliphatic carbocycles. The van der Waals surface area contributed by atoms with Crippen LogP contribution in [0.5, 0.6) is 0 Å². The van der Waals surface area contributed by atoms with E-state index >= 15 is 0 Å². The van der Waals surface area contributed by atoms with Crippen LogP contribution in [0, 0.1) is 0 Å². The lowest BCUT2D eigenvalue weighted by Gasteiger charge is -2.19. The molecule has 2 amide bonds. The summed E-state index contributed by atoms with van der Waals surface area (Å²) in [6, 6.07) is 15.4. The van der Waals surface area contributed by atoms with Gasteiger partial charge < -0.3 is 16.4 Å². The summed E-state index contributed by atoms with van der Waals surface area (Å²) in [7, 11) is 0. The third-order valence-corrected chi connectivity index (χ3v) is 3.65. The van der Waals surface area contributed by atoms with Crippen molar-refractivity contribution < 1.29 is 4.79 Å². The second-order valence-corrected chi connectivity index (χ2v) is 5.64. The molecule has 1 unspecified atom stereocenters. The number of hydrogen-bond acceptors (Lipinski definition) is 2. The molecule has 0 bridgehead atoms. The lowest BCUT2D eigenvalue weighted by Crippen LogP contribution is -2.19. The van der Waals surface area contributed by atoms with E-state index in [4.69, 9.17) is 5.73 Å². The zero-order chi connectivity index (χ0) is 15.2. The van der Waals surface area contributed by atoms with Crippen LogP contribution in [-0.4, -0.2) is 6.03 Å². The van der Waals surface area contributed by atoms with Gasteiger partial charge in [0.1, 0.15) is 0 Å². The molecule has 2 aromatic rings. The zero-order valence-corrected chi connectivity index (χ0v) is 13.4. The van der Waals surface area contributed by atoms with Crippen LogP contribution in [0.25, 0.3) is 0 Å². The molecular formula is C16H18BrN3O. The van der Waals surface area contributed by atoms with Crippen LogP contribution in [0.15, 0.2) is 53.0 Å². The molecule has 0 aliphatic rings. The highest BCUT2D eigenvalue weighted by atomic mass is 79.9. The van der Waals surface area contributed by atoms with E-state index in [0.717, 1.165) is 16.6 Å². The number of halogens is 1. The van der Waals surface area contributed by atoms with E-state index in [1.54, 1.807) is 0 Å². The minimum absolute atomic E-state index is 0.234. The van der Waals surface area contributed by atoms with Crippen molar-refractivity contribution in [3.8, 4) is 0 Å². The van der Waals surface area contributed by atoms with Crippen LogP contribution >= 0.6 is 15.9 Å². The smallest absolute Gasteiger partial charge is 0.316 e. The number of urea groups is 1. The maximum atomic E-state index is 10.8. The molecular weight excluding hydrogens is 330 g/mol. The van der Waals surface area contributed by atoms with Crippen molar-refractivity contribution in [2.75, 3.05) is 10.6 Å². The number of primary amides is 1. The molecule has 4 N–H and O–H groups in total. The highest BCUT2D eigenvalue weighted by molar-refractivity contribution is 9.10. The molecule has 0 spiro atoms. The highest BCUT2D eigenvalue weighted by Crippen LogP contribution is 2.25. The van der Waals surface area contributed by atoms with Crippen molar-refractivity contribution in [2.45, 2.75) is 19.4 Å². The monoisotopic (exact) mass is 347 g/mol. The van der Waals surface area contributed by atoms with Crippen molar-refractivity contribution >= 4 is 33.3 Å². The molecule has 0 heterocycles. The molecule has 0 fully saturated rings. The van der Waals surface area contributed by atoms with Gasteiger partial charge in [0.15, 0.2) is 0 Å². The summed E-state index contributed by atoms with van der Waals surface area (Å²) in [5, 5.41) is 6.03. The first kappa shape index (κ1) is 15.4. The number of hydrogen-bond donors (Lipinski definition) is 3. The third-order valence-electron chi connectivity index (χ3n) is 3.15. The van der Waals surface area contributed by atoms with E-state index in [0.29, 0.717) is 5.69 Å². The van der Waals surface area contributed by atoms with Gasteiger partial charge in [0.25, 0.3) is 0 Å². The Morgan fingerprint density at radius 1 is 1.19 bits per heavy atom. The summed E-state index contributed by atoms with van der Waals surface area (Å²) in [5.41, 5.74) is 7.99. The van der Waals surface area contributed by atoms with Gasteiger partial charge >= 0.3 is 6.03 Å². The summed E-state index contributed by atoms with van der Waals surface area (Å²) in [6.07, 6.45) is 0.970. The molecule has 21 heavy (non-hydrogen) atoms. The molecule has 5 heteroatoms. The Balaban J connectivity index is 2.10. The van der Waals surface area contributed by atoms with Gasteiger partial charge in [0, 0.05) is 15.8 Å². The van der Waals surface area contributed by atoms with Crippen LogP contribution in [-0.2, 0) is 0 Å². The number of nitrogens with one attached hydrogen (secondary N) is 2. The molecule has 4 nitrogen and oxygen atoms in total. The van der Waals surface area contributed by atoms with E-state index in [-0.39, 0.29) is 6.04 Å². The Bertz CT molecular complexity index is 613. The summed E-state index contributed by atoms with van der Waals surface area (Å²) < 4.78 is 1.07. The van der Waals surface area contributed by atoms with E-state index < -0.39 is 6.03 Å². The molecule has 110 valence electrons. The summed E-state index contributed by atoms with van der Waals surface area (Å²) >= 11 is 3.50. The van der Waals surface area contributed by atoms with Crippen LogP contribution in [0.4, 0.5) is 16.2 Å². The molecule has 2 rings (SSSR count). The topological polar surface area (TPSA) is 67.2 Å². The van der Waals surface area contributed by atoms with Gasteiger partial charge in [-0.1, -0.05) is 35.0 Å². The number of anilines is 2. The molecule has 1 atom stereocenters. The van der Waals surface area contributed by atoms with Crippen molar-refractivity contribution in [3.63, 3.8) is 0 Å². The lowest BCUT2D eigenvalue weighted by atomic mass is 10.0. The Labute approximate surface area is 132 Å². The highest BCUT2D eigenvalue weighted by Gasteiger charge is 2.09. The summed E-state index contributed by atoms with van der Waals surface area (Å²) in [5.74, 6) is 0. The fourth-order valence-corrected chi connectivity index (χ4v) is 2.55. The minimum atomic E-state index is -0.559. The van der Waals surface area contributed by atoms with Gasteiger partial charge in [-0.25, -0.2) is 4.79 Å². The summed E-state index contributed by atoms with van der Waals surface area (Å²) in [6.45, 7) is 2.14. The van der Waals surface area contributed by atoms with Crippen molar-refractivity contribution in [3.05, 3.63) is 58.6 Å². The van der Waals surface area contributed by atoms with Gasteiger partial charge in [-0.05, 0) is 48.4 Å². The van der Waals surface area contributed by atoms with Gasteiger partial charge in [-0.2, -0.15) is 0 Å². The number of nitrogens with two attached hydrogens (primary N) is 1. The van der Waals surface area contributed by atoms with Crippen molar-refractivity contribution in [2.24, 2.45) is 5.73 Å². The average Bonchev–Trinajstić information content (AvgIpc) is 2.46. The largest absolute Gasteiger partial charge is 0.378 e. The number of amides is 2. The van der Waals surface area contributed by atoms with Crippen LogP contribution < -0.4 is 16.4 Å². The van der Waals surface area contributed by atoms with Gasteiger partial charge in [0.05, 0.1) is 6.04 Å². The number of carbonyl (C=O) groups is 1. The number of carbonyl (C=O) groups excluding carboxylic acids is 1. The molecule has 0 aromatic heterocycles. The number of benzene rings is 2. The molecule has 0 aliphatic heterocycles. The zero-order valence-electron chi connectivity index (χ0n) is 11.8. The third kappa shape index (κ3) is 4.49.